The maximum atomic E-state index is 5.57. The Bertz CT molecular complexity index is 4310. The number of aliphatic imine (C=N–C) groups is 1. The molecule has 0 aliphatic carbocycles. The smallest absolute Gasteiger partial charge is 0.160 e. The lowest BCUT2D eigenvalue weighted by atomic mass is 9.92. The molecule has 0 saturated heterocycles. The van der Waals surface area contributed by atoms with E-state index < -0.39 is 0 Å². The van der Waals surface area contributed by atoms with Gasteiger partial charge in [-0.15, -0.1) is 0 Å². The van der Waals surface area contributed by atoms with Crippen LogP contribution in [0, 0.1) is 0 Å². The molecular formula is C74H52N4. The van der Waals surface area contributed by atoms with E-state index in [2.05, 4.69) is 273 Å². The Labute approximate surface area is 455 Å². The molecule has 0 N–H and O–H groups in total. The Balaban J connectivity index is 0.966. The number of aromatic nitrogens is 3. The molecule has 0 saturated carbocycles. The van der Waals surface area contributed by atoms with Gasteiger partial charge in [-0.3, -0.25) is 4.99 Å². The van der Waals surface area contributed by atoms with Gasteiger partial charge in [0.25, 0.3) is 0 Å². The molecule has 13 rings (SSSR count). The maximum absolute atomic E-state index is 5.57. The molecule has 4 nitrogen and oxygen atoms in total. The Hall–Kier alpha value is -10.3. The van der Waals surface area contributed by atoms with Crippen LogP contribution >= 0.6 is 0 Å². The molecule has 13 aromatic rings. The fourth-order valence-electron chi connectivity index (χ4n) is 10.7. The molecule has 0 atom stereocenters. The fraction of sp³-hybridized carbons (Fsp3) is 0.0135. The van der Waals surface area contributed by atoms with Crippen LogP contribution in [0.5, 0.6) is 0 Å². The van der Waals surface area contributed by atoms with E-state index in [1.807, 2.05) is 30.3 Å². The van der Waals surface area contributed by atoms with Crippen LogP contribution < -0.4 is 0 Å². The largest absolute Gasteiger partial charge is 0.309 e. The van der Waals surface area contributed by atoms with E-state index in [1.54, 1.807) is 0 Å². The molecule has 4 heteroatoms. The number of rotatable bonds is 12. The fourth-order valence-corrected chi connectivity index (χ4v) is 10.7. The third kappa shape index (κ3) is 9.33. The highest BCUT2D eigenvalue weighted by Gasteiger charge is 2.20. The molecule has 78 heavy (non-hydrogen) atoms. The normalized spacial score (nSPS) is 11.5. The van der Waals surface area contributed by atoms with Crippen LogP contribution in [0.15, 0.2) is 297 Å². The van der Waals surface area contributed by atoms with E-state index in [1.165, 1.54) is 22.1 Å². The van der Waals surface area contributed by atoms with Crippen molar-refractivity contribution in [3.63, 3.8) is 0 Å². The van der Waals surface area contributed by atoms with Crippen LogP contribution in [0.25, 0.3) is 111 Å². The standard InChI is InChI=1S/C74H52N4/c1-50(52-19-7-3-8-20-52)66-28-16-17-29-69(66)75-51(2)53-31-43-61(44-32-53)72-68-48-64(58-35-33-56(34-36-58)54-21-9-4-10-22-54)47-67(59-39-37-57(38-40-59)55-23-11-5-12-24-55)73(68)77-74(76-72)62-45-41-60(42-46-62)71-49-63-25-15-18-30-70(63)78(71)65-26-13-6-14-27-65/h3-49H,1H2,2H3/b75-51+. The molecule has 0 amide bonds. The quantitative estimate of drug-likeness (QED) is 0.114. The molecule has 0 spiro atoms. The van der Waals surface area contributed by atoms with Gasteiger partial charge in [0.15, 0.2) is 5.82 Å². The Kier molecular flexibility index (Phi) is 12.6. The number of benzene rings is 11. The minimum Gasteiger partial charge on any atom is -0.309 e. The molecule has 2 heterocycles. The van der Waals surface area contributed by atoms with Crippen molar-refractivity contribution in [2.75, 3.05) is 0 Å². The SMILES string of the molecule is C=C(c1ccccc1)c1ccccc1/N=C(\C)c1ccc(-c2nc(-c3ccc(-c4cc5ccccc5n4-c4ccccc4)cc3)nc3c(-c4ccc(-c5ccccc5)cc4)cc(-c4ccc(-c5ccccc5)cc4)cc23)cc1. The van der Waals surface area contributed by atoms with Crippen LogP contribution in [0.3, 0.4) is 0 Å². The van der Waals surface area contributed by atoms with Crippen molar-refractivity contribution in [3.05, 3.63) is 308 Å². The van der Waals surface area contributed by atoms with E-state index in [0.717, 1.165) is 112 Å². The van der Waals surface area contributed by atoms with E-state index in [9.17, 15) is 0 Å². The van der Waals surface area contributed by atoms with Gasteiger partial charge in [0.1, 0.15) is 0 Å². The Morgan fingerprint density at radius 1 is 0.397 bits per heavy atom. The number of fused-ring (bicyclic) bond motifs is 2. The minimum absolute atomic E-state index is 0.645. The predicted octanol–water partition coefficient (Wildman–Crippen LogP) is 19.4. The van der Waals surface area contributed by atoms with Crippen LogP contribution in [-0.2, 0) is 0 Å². The first-order valence-corrected chi connectivity index (χ1v) is 26.4. The average molecular weight is 997 g/mol. The summed E-state index contributed by atoms with van der Waals surface area (Å²) in [5.41, 5.74) is 22.9. The van der Waals surface area contributed by atoms with Crippen molar-refractivity contribution < 1.29 is 0 Å². The summed E-state index contributed by atoms with van der Waals surface area (Å²) >= 11 is 0. The van der Waals surface area contributed by atoms with Crippen LogP contribution in [0.1, 0.15) is 23.6 Å². The Morgan fingerprint density at radius 3 is 1.55 bits per heavy atom. The summed E-state index contributed by atoms with van der Waals surface area (Å²) in [6.07, 6.45) is 0. The van der Waals surface area contributed by atoms with Crippen molar-refractivity contribution in [3.8, 4) is 84.1 Å². The average Bonchev–Trinajstić information content (AvgIpc) is 3.98. The Morgan fingerprint density at radius 2 is 0.897 bits per heavy atom. The van der Waals surface area contributed by atoms with Gasteiger partial charge in [-0.2, -0.15) is 0 Å². The zero-order valence-electron chi connectivity index (χ0n) is 43.1. The summed E-state index contributed by atoms with van der Waals surface area (Å²) in [4.78, 5) is 16.4. The molecule has 0 radical (unpaired) electrons. The van der Waals surface area contributed by atoms with E-state index in [-0.39, 0.29) is 0 Å². The predicted molar refractivity (Wildman–Crippen MR) is 327 cm³/mol. The molecule has 0 fully saturated rings. The van der Waals surface area contributed by atoms with Crippen LogP contribution in [0.2, 0.25) is 0 Å². The second-order valence-electron chi connectivity index (χ2n) is 19.7. The summed E-state index contributed by atoms with van der Waals surface area (Å²) in [5, 5.41) is 2.14. The lowest BCUT2D eigenvalue weighted by molar-refractivity contribution is 1.13. The first-order chi connectivity index (χ1) is 38.5. The zero-order valence-corrected chi connectivity index (χ0v) is 43.1. The van der Waals surface area contributed by atoms with Crippen molar-refractivity contribution in [1.82, 2.24) is 14.5 Å². The highest BCUT2D eigenvalue weighted by atomic mass is 15.0. The molecule has 11 aromatic carbocycles. The van der Waals surface area contributed by atoms with Gasteiger partial charge in [0.05, 0.1) is 28.1 Å². The minimum atomic E-state index is 0.645. The molecule has 0 unspecified atom stereocenters. The van der Waals surface area contributed by atoms with Gasteiger partial charge in [-0.25, -0.2) is 9.97 Å². The van der Waals surface area contributed by atoms with Gasteiger partial charge in [0, 0.05) is 44.4 Å². The summed E-state index contributed by atoms with van der Waals surface area (Å²) in [5.74, 6) is 0.645. The van der Waals surface area contributed by atoms with Crippen molar-refractivity contribution in [2.45, 2.75) is 6.92 Å². The third-order valence-electron chi connectivity index (χ3n) is 14.8. The number of hydrogen-bond acceptors (Lipinski definition) is 3. The van der Waals surface area contributed by atoms with Gasteiger partial charge in [-0.05, 0) is 111 Å². The number of para-hydroxylation sites is 3. The van der Waals surface area contributed by atoms with Crippen molar-refractivity contribution in [2.24, 2.45) is 4.99 Å². The molecule has 0 aliphatic heterocycles. The van der Waals surface area contributed by atoms with E-state index >= 15 is 0 Å². The lowest BCUT2D eigenvalue weighted by Gasteiger charge is -2.16. The monoisotopic (exact) mass is 996 g/mol. The third-order valence-corrected chi connectivity index (χ3v) is 14.8. The van der Waals surface area contributed by atoms with Crippen LogP contribution in [0.4, 0.5) is 5.69 Å². The van der Waals surface area contributed by atoms with E-state index in [4.69, 9.17) is 15.0 Å². The zero-order chi connectivity index (χ0) is 52.4. The highest BCUT2D eigenvalue weighted by molar-refractivity contribution is 6.06. The molecule has 0 aliphatic rings. The summed E-state index contributed by atoms with van der Waals surface area (Å²) in [7, 11) is 0. The summed E-state index contributed by atoms with van der Waals surface area (Å²) in [6.45, 7) is 6.55. The van der Waals surface area contributed by atoms with Gasteiger partial charge < -0.3 is 4.57 Å². The second kappa shape index (κ2) is 20.8. The highest BCUT2D eigenvalue weighted by Crippen LogP contribution is 2.41. The van der Waals surface area contributed by atoms with Gasteiger partial charge in [0.2, 0.25) is 0 Å². The number of hydrogen-bond donors (Lipinski definition) is 0. The maximum Gasteiger partial charge on any atom is 0.160 e. The summed E-state index contributed by atoms with van der Waals surface area (Å²) < 4.78 is 2.34. The van der Waals surface area contributed by atoms with Crippen molar-refractivity contribution >= 4 is 38.8 Å². The lowest BCUT2D eigenvalue weighted by Crippen LogP contribution is -1.99. The molecule has 0 bridgehead atoms. The first-order valence-electron chi connectivity index (χ1n) is 26.4. The topological polar surface area (TPSA) is 43.1 Å². The molecular weight excluding hydrogens is 945 g/mol. The molecule has 2 aromatic heterocycles. The summed E-state index contributed by atoms with van der Waals surface area (Å²) in [6, 6.07) is 101. The van der Waals surface area contributed by atoms with Gasteiger partial charge in [-0.1, -0.05) is 249 Å². The van der Waals surface area contributed by atoms with Crippen LogP contribution in [-0.4, -0.2) is 20.2 Å². The second-order valence-corrected chi connectivity index (χ2v) is 19.7. The first kappa shape index (κ1) is 47.4. The number of nitrogens with zero attached hydrogens (tertiary/aromatic N) is 4. The van der Waals surface area contributed by atoms with Crippen molar-refractivity contribution in [1.29, 1.82) is 0 Å². The van der Waals surface area contributed by atoms with Gasteiger partial charge >= 0.3 is 0 Å². The molecule has 368 valence electrons. The van der Waals surface area contributed by atoms with E-state index in [0.29, 0.717) is 5.82 Å².